The molecule has 0 radical (unpaired) electrons. The normalized spacial score (nSPS) is 9.38. The maximum Gasteiger partial charge on any atom is 0.489 e. The van der Waals surface area contributed by atoms with Crippen LogP contribution in [0, 0.1) is 0 Å². The van der Waals surface area contributed by atoms with Crippen molar-refractivity contribution in [3.05, 3.63) is 35.9 Å². The second-order valence-corrected chi connectivity index (χ2v) is 2.58. The molecule has 2 N–H and O–H groups in total. The van der Waals surface area contributed by atoms with Crippen LogP contribution in [0.1, 0.15) is 15.9 Å². The maximum atomic E-state index is 10.5. The molecule has 0 fully saturated rings. The van der Waals surface area contributed by atoms with Crippen LogP contribution in [0.2, 0.25) is 0 Å². The summed E-state index contributed by atoms with van der Waals surface area (Å²) < 4.78 is 0. The van der Waals surface area contributed by atoms with E-state index in [1.54, 1.807) is 12.1 Å². The van der Waals surface area contributed by atoms with E-state index in [9.17, 15) is 4.79 Å². The van der Waals surface area contributed by atoms with Gasteiger partial charge in [-0.05, 0) is 11.0 Å². The van der Waals surface area contributed by atoms with Crippen LogP contribution >= 0.6 is 0 Å². The second kappa shape index (κ2) is 4.02. The third-order valence-corrected chi connectivity index (χ3v) is 1.75. The summed E-state index contributed by atoms with van der Waals surface area (Å²) in [7, 11) is -1.62. The minimum Gasteiger partial charge on any atom is -0.423 e. The molecule has 1 aromatic carbocycles. The third kappa shape index (κ3) is 2.05. The minimum absolute atomic E-state index is 0.201. The number of aldehydes is 1. The smallest absolute Gasteiger partial charge is 0.423 e. The number of rotatable bonds is 3. The Bertz CT molecular complexity index is 334. The van der Waals surface area contributed by atoms with Gasteiger partial charge in [0.2, 0.25) is 0 Å². The van der Waals surface area contributed by atoms with E-state index in [1.807, 2.05) is 0 Å². The van der Waals surface area contributed by atoms with Gasteiger partial charge in [0.15, 0.2) is 0 Å². The highest BCUT2D eigenvalue weighted by molar-refractivity contribution is 6.60. The van der Waals surface area contributed by atoms with E-state index in [0.29, 0.717) is 6.29 Å². The van der Waals surface area contributed by atoms with Crippen LogP contribution in [0.25, 0.3) is 6.08 Å². The fourth-order valence-corrected chi connectivity index (χ4v) is 1.05. The number of benzene rings is 1. The summed E-state index contributed by atoms with van der Waals surface area (Å²) in [6.07, 6.45) is 2.15. The molecule has 0 aliphatic rings. The molecule has 0 heterocycles. The summed E-state index contributed by atoms with van der Waals surface area (Å²) in [4.78, 5) is 10.5. The molecular weight excluding hydrogens is 167 g/mol. The summed E-state index contributed by atoms with van der Waals surface area (Å²) in [5, 5.41) is 17.8. The highest BCUT2D eigenvalue weighted by Gasteiger charge is 2.15. The van der Waals surface area contributed by atoms with E-state index in [0.717, 1.165) is 5.56 Å². The molecular formula is C9H9BO3. The lowest BCUT2D eigenvalue weighted by molar-refractivity contribution is 0.112. The highest BCUT2D eigenvalue weighted by atomic mass is 16.4. The number of hydrogen-bond donors (Lipinski definition) is 2. The van der Waals surface area contributed by atoms with Gasteiger partial charge in [0.05, 0.1) is 0 Å². The Hall–Kier alpha value is -1.39. The van der Waals surface area contributed by atoms with Crippen LogP contribution in [0.4, 0.5) is 0 Å². The largest absolute Gasteiger partial charge is 0.489 e. The van der Waals surface area contributed by atoms with Gasteiger partial charge in [-0.3, -0.25) is 4.79 Å². The summed E-state index contributed by atoms with van der Waals surface area (Å²) in [6.45, 7) is 3.54. The van der Waals surface area contributed by atoms with Gasteiger partial charge in [-0.15, -0.1) is 0 Å². The molecule has 0 atom stereocenters. The molecule has 1 rings (SSSR count). The van der Waals surface area contributed by atoms with Crippen molar-refractivity contribution in [2.75, 3.05) is 0 Å². The Labute approximate surface area is 76.5 Å². The van der Waals surface area contributed by atoms with Crippen molar-refractivity contribution in [3.8, 4) is 0 Å². The van der Waals surface area contributed by atoms with Crippen LogP contribution in [0.5, 0.6) is 0 Å². The van der Waals surface area contributed by atoms with Crippen molar-refractivity contribution >= 4 is 24.9 Å². The fourth-order valence-electron chi connectivity index (χ4n) is 1.05. The van der Waals surface area contributed by atoms with E-state index in [4.69, 9.17) is 10.0 Å². The summed E-state index contributed by atoms with van der Waals surface area (Å²) in [6, 6.07) is 4.72. The highest BCUT2D eigenvalue weighted by Crippen LogP contribution is 2.02. The predicted octanol–water partition coefficient (Wildman–Crippen LogP) is -0.178. The first-order valence-electron chi connectivity index (χ1n) is 3.76. The van der Waals surface area contributed by atoms with Gasteiger partial charge in [-0.2, -0.15) is 0 Å². The Morgan fingerprint density at radius 2 is 2.08 bits per heavy atom. The van der Waals surface area contributed by atoms with E-state index in [2.05, 4.69) is 6.58 Å². The van der Waals surface area contributed by atoms with Gasteiger partial charge >= 0.3 is 7.12 Å². The van der Waals surface area contributed by atoms with Gasteiger partial charge in [0.25, 0.3) is 0 Å². The van der Waals surface area contributed by atoms with Crippen LogP contribution < -0.4 is 5.46 Å². The molecule has 0 spiro atoms. The molecule has 3 nitrogen and oxygen atoms in total. The molecule has 0 saturated heterocycles. The molecule has 0 bridgehead atoms. The maximum absolute atomic E-state index is 10.5. The van der Waals surface area contributed by atoms with E-state index >= 15 is 0 Å². The van der Waals surface area contributed by atoms with Crippen molar-refractivity contribution in [2.24, 2.45) is 0 Å². The van der Waals surface area contributed by atoms with Crippen LogP contribution in [0.3, 0.4) is 0 Å². The topological polar surface area (TPSA) is 57.5 Å². The molecule has 1 aromatic rings. The SMILES string of the molecule is C=Cc1ccc(C=O)c(B(O)O)c1. The molecule has 0 aliphatic carbocycles. The average molecular weight is 176 g/mol. The van der Waals surface area contributed by atoms with Gasteiger partial charge in [0.1, 0.15) is 6.29 Å². The summed E-state index contributed by atoms with van der Waals surface area (Å²) >= 11 is 0. The standard InChI is InChI=1S/C9H9BO3/c1-2-7-3-4-8(6-11)9(5-7)10(12)13/h2-6,12-13H,1H2. The molecule has 0 aromatic heterocycles. The molecule has 0 unspecified atom stereocenters. The molecule has 4 heteroatoms. The van der Waals surface area contributed by atoms with Crippen molar-refractivity contribution in [1.82, 2.24) is 0 Å². The van der Waals surface area contributed by atoms with Crippen molar-refractivity contribution in [2.45, 2.75) is 0 Å². The fraction of sp³-hybridized carbons (Fsp3) is 0. The lowest BCUT2D eigenvalue weighted by Crippen LogP contribution is -2.33. The quantitative estimate of drug-likeness (QED) is 0.496. The molecule has 66 valence electrons. The Kier molecular flexibility index (Phi) is 3.00. The van der Waals surface area contributed by atoms with Crippen LogP contribution in [-0.4, -0.2) is 23.5 Å². The number of hydrogen-bond acceptors (Lipinski definition) is 3. The van der Waals surface area contributed by atoms with Gasteiger partial charge < -0.3 is 10.0 Å². The lowest BCUT2D eigenvalue weighted by atomic mass is 9.76. The van der Waals surface area contributed by atoms with E-state index < -0.39 is 7.12 Å². The van der Waals surface area contributed by atoms with E-state index in [1.165, 1.54) is 12.1 Å². The monoisotopic (exact) mass is 176 g/mol. The third-order valence-electron chi connectivity index (χ3n) is 1.75. The van der Waals surface area contributed by atoms with Crippen LogP contribution in [-0.2, 0) is 0 Å². The Balaban J connectivity index is 3.25. The summed E-state index contributed by atoms with van der Waals surface area (Å²) in [5.41, 5.74) is 1.22. The van der Waals surface area contributed by atoms with Crippen molar-refractivity contribution in [1.29, 1.82) is 0 Å². The zero-order chi connectivity index (χ0) is 9.84. The van der Waals surface area contributed by atoms with E-state index in [-0.39, 0.29) is 11.0 Å². The first-order chi connectivity index (χ1) is 6.19. The minimum atomic E-state index is -1.62. The van der Waals surface area contributed by atoms with Gasteiger partial charge in [-0.25, -0.2) is 0 Å². The number of carbonyl (C=O) groups excluding carboxylic acids is 1. The Morgan fingerprint density at radius 1 is 1.38 bits per heavy atom. The summed E-state index contributed by atoms with van der Waals surface area (Å²) in [5.74, 6) is 0. The Morgan fingerprint density at radius 3 is 2.54 bits per heavy atom. The number of carbonyl (C=O) groups is 1. The van der Waals surface area contributed by atoms with Crippen molar-refractivity contribution < 1.29 is 14.8 Å². The lowest BCUT2D eigenvalue weighted by Gasteiger charge is -2.03. The van der Waals surface area contributed by atoms with Gasteiger partial charge in [-0.1, -0.05) is 30.9 Å². The molecule has 0 aliphatic heterocycles. The second-order valence-electron chi connectivity index (χ2n) is 2.58. The predicted molar refractivity (Wildman–Crippen MR) is 51.7 cm³/mol. The average Bonchev–Trinajstić information content (AvgIpc) is 2.16. The first-order valence-corrected chi connectivity index (χ1v) is 3.76. The molecule has 0 saturated carbocycles. The van der Waals surface area contributed by atoms with Crippen molar-refractivity contribution in [3.63, 3.8) is 0 Å². The first kappa shape index (κ1) is 9.70. The molecule has 13 heavy (non-hydrogen) atoms. The zero-order valence-electron chi connectivity index (χ0n) is 6.97. The zero-order valence-corrected chi connectivity index (χ0v) is 6.97. The molecule has 0 amide bonds. The van der Waals surface area contributed by atoms with Gasteiger partial charge in [0, 0.05) is 5.56 Å². The van der Waals surface area contributed by atoms with Crippen LogP contribution in [0.15, 0.2) is 24.8 Å².